The summed E-state index contributed by atoms with van der Waals surface area (Å²) in [6.07, 6.45) is 2.99. The number of carbonyl (C=O) groups is 8. The third-order valence-electron chi connectivity index (χ3n) is 10.7. The monoisotopic (exact) mass is 989 g/mol. The molecule has 7 amide bonds. The minimum atomic E-state index is -1.63. The summed E-state index contributed by atoms with van der Waals surface area (Å²) in [4.78, 5) is 108. The summed E-state index contributed by atoms with van der Waals surface area (Å²) in [5.74, 6) is -6.98. The van der Waals surface area contributed by atoms with Crippen LogP contribution < -0.4 is 48.7 Å². The van der Waals surface area contributed by atoms with Gasteiger partial charge in [-0.2, -0.15) is 24.4 Å². The highest BCUT2D eigenvalue weighted by molar-refractivity contribution is 7.98. The number of amides is 7. The van der Waals surface area contributed by atoms with Crippen LogP contribution in [0, 0.1) is 11.8 Å². The molecule has 0 saturated heterocycles. The second-order valence-electron chi connectivity index (χ2n) is 17.2. The highest BCUT2D eigenvalue weighted by Crippen LogP contribution is 2.14. The number of aliphatic hydroxyl groups excluding tert-OH is 1. The standard InChI is InChI=1S/C46H71N9O11S2/c1-26(2)21-33(41(60)53-36(24-56)43(62)49-32(13-9-10-19-47)40(59)52-35(46(65)66)23-29-14-16-30(57)17-15-29)50-42(61)34(22-28-11-7-6-8-12-28)51-45(64)38(27(3)4)55-44(63)37(25-67)54-39(58)31(48)18-20-68-5/h6-8,11-12,14-17,26-27,31-38,56-57,67H,9-10,13,18-25,47-48H2,1-5H3,(H,49,62)(H,50,61)(H,51,64)(H,52,59)(H,53,60)(H,54,58)(H,55,63)(H,65,66)/t31-,32-,33-,34-,35-,36-,37-,38-/m0/s1. The van der Waals surface area contributed by atoms with Crippen molar-refractivity contribution in [1.29, 1.82) is 0 Å². The van der Waals surface area contributed by atoms with Crippen molar-refractivity contribution in [3.8, 4) is 5.75 Å². The average Bonchev–Trinajstić information content (AvgIpc) is 3.30. The zero-order valence-electron chi connectivity index (χ0n) is 39.4. The number of benzene rings is 2. The van der Waals surface area contributed by atoms with Crippen molar-refractivity contribution in [1.82, 2.24) is 37.2 Å². The molecule has 0 aromatic heterocycles. The molecule has 0 aliphatic rings. The Hall–Kier alpha value is -5.42. The predicted molar refractivity (Wildman–Crippen MR) is 262 cm³/mol. The number of phenolic OH excluding ortho intramolecular Hbond substituents is 1. The Bertz CT molecular complexity index is 1950. The number of thiol groups is 1. The number of carbonyl (C=O) groups excluding carboxylic acids is 7. The number of hydrogen-bond acceptors (Lipinski definition) is 14. The predicted octanol–water partition coefficient (Wildman–Crippen LogP) is -0.511. The Morgan fingerprint density at radius 2 is 1.12 bits per heavy atom. The van der Waals surface area contributed by atoms with Gasteiger partial charge in [0.2, 0.25) is 41.4 Å². The number of unbranched alkanes of at least 4 members (excludes halogenated alkanes) is 1. The van der Waals surface area contributed by atoms with Gasteiger partial charge in [0.1, 0.15) is 48.0 Å². The molecule has 0 bridgehead atoms. The van der Waals surface area contributed by atoms with Crippen LogP contribution in [0.2, 0.25) is 0 Å². The van der Waals surface area contributed by atoms with Gasteiger partial charge in [-0.15, -0.1) is 0 Å². The highest BCUT2D eigenvalue weighted by Gasteiger charge is 2.35. The third kappa shape index (κ3) is 20.8. The van der Waals surface area contributed by atoms with Gasteiger partial charge in [-0.25, -0.2) is 4.79 Å². The Labute approximate surface area is 407 Å². The van der Waals surface area contributed by atoms with E-state index in [1.54, 1.807) is 58.0 Å². The maximum absolute atomic E-state index is 14.2. The molecular formula is C46H71N9O11S2. The van der Waals surface area contributed by atoms with E-state index in [4.69, 9.17) is 11.5 Å². The number of phenols is 1. The lowest BCUT2D eigenvalue weighted by Crippen LogP contribution is -2.61. The SMILES string of the molecule is CSCC[C@H](N)C(=O)N[C@@H](CS)C(=O)N[C@H](C(=O)N[C@@H](Cc1ccccc1)C(=O)N[C@@H](CC(C)C)C(=O)N[C@@H](CO)C(=O)N[C@@H](CCCCN)C(=O)N[C@@H](Cc1ccc(O)cc1)C(=O)O)C(C)C. The van der Waals surface area contributed by atoms with Gasteiger partial charge < -0.3 is 64.0 Å². The summed E-state index contributed by atoms with van der Waals surface area (Å²) in [6.45, 7) is 6.29. The molecule has 20 nitrogen and oxygen atoms in total. The number of aliphatic hydroxyl groups is 1. The minimum Gasteiger partial charge on any atom is -0.508 e. The van der Waals surface area contributed by atoms with Gasteiger partial charge in [-0.1, -0.05) is 70.2 Å². The first kappa shape index (κ1) is 58.7. The molecule has 2 aromatic carbocycles. The van der Waals surface area contributed by atoms with Gasteiger partial charge in [-0.3, -0.25) is 33.6 Å². The van der Waals surface area contributed by atoms with E-state index >= 15 is 0 Å². The Balaban J connectivity index is 2.32. The van der Waals surface area contributed by atoms with E-state index in [-0.39, 0.29) is 49.6 Å². The van der Waals surface area contributed by atoms with Gasteiger partial charge in [0.15, 0.2) is 0 Å². The van der Waals surface area contributed by atoms with Gasteiger partial charge in [0.05, 0.1) is 12.6 Å². The van der Waals surface area contributed by atoms with E-state index in [1.165, 1.54) is 36.0 Å². The van der Waals surface area contributed by atoms with Crippen molar-refractivity contribution in [3.63, 3.8) is 0 Å². The second-order valence-corrected chi connectivity index (χ2v) is 18.5. The van der Waals surface area contributed by atoms with Crippen molar-refractivity contribution in [2.45, 2.75) is 121 Å². The van der Waals surface area contributed by atoms with Crippen LogP contribution in [0.25, 0.3) is 0 Å². The largest absolute Gasteiger partial charge is 0.508 e. The van der Waals surface area contributed by atoms with E-state index < -0.39 is 108 Å². The van der Waals surface area contributed by atoms with Crippen LogP contribution in [0.4, 0.5) is 0 Å². The van der Waals surface area contributed by atoms with E-state index in [0.717, 1.165) is 0 Å². The zero-order valence-corrected chi connectivity index (χ0v) is 41.1. The number of hydrogen-bond donors (Lipinski definition) is 13. The average molecular weight is 990 g/mol. The molecule has 378 valence electrons. The summed E-state index contributed by atoms with van der Waals surface area (Å²) in [5, 5.41) is 47.9. The normalized spacial score (nSPS) is 14.8. The number of aromatic hydroxyl groups is 1. The van der Waals surface area contributed by atoms with Crippen LogP contribution in [-0.2, 0) is 51.2 Å². The van der Waals surface area contributed by atoms with Crippen molar-refractivity contribution in [2.24, 2.45) is 23.3 Å². The fourth-order valence-corrected chi connectivity index (χ4v) is 7.52. The summed E-state index contributed by atoms with van der Waals surface area (Å²) in [7, 11) is 0. The van der Waals surface area contributed by atoms with E-state index in [2.05, 4.69) is 49.8 Å². The number of aliphatic carboxylic acids is 1. The lowest BCUT2D eigenvalue weighted by Gasteiger charge is -2.29. The fraction of sp³-hybridized carbons (Fsp3) is 0.565. The molecule has 0 saturated carbocycles. The molecular weight excluding hydrogens is 919 g/mol. The number of thioether (sulfide) groups is 1. The molecule has 2 aromatic rings. The minimum absolute atomic E-state index is 0.0292. The molecule has 2 rings (SSSR count). The molecule has 68 heavy (non-hydrogen) atoms. The first-order valence-electron chi connectivity index (χ1n) is 22.6. The van der Waals surface area contributed by atoms with E-state index in [9.17, 15) is 53.7 Å². The molecule has 0 fully saturated rings. The smallest absolute Gasteiger partial charge is 0.326 e. The van der Waals surface area contributed by atoms with Crippen LogP contribution in [0.3, 0.4) is 0 Å². The van der Waals surface area contributed by atoms with Crippen LogP contribution in [0.15, 0.2) is 54.6 Å². The number of carboxylic acids is 1. The maximum atomic E-state index is 14.2. The highest BCUT2D eigenvalue weighted by atomic mass is 32.2. The fourth-order valence-electron chi connectivity index (χ4n) is 6.77. The first-order valence-corrected chi connectivity index (χ1v) is 24.6. The lowest BCUT2D eigenvalue weighted by molar-refractivity contribution is -0.142. The third-order valence-corrected chi connectivity index (χ3v) is 11.7. The van der Waals surface area contributed by atoms with Crippen LogP contribution in [0.1, 0.15) is 70.9 Å². The van der Waals surface area contributed by atoms with Gasteiger partial charge >= 0.3 is 5.97 Å². The molecule has 8 atom stereocenters. The van der Waals surface area contributed by atoms with Crippen molar-refractivity contribution >= 4 is 71.7 Å². The quantitative estimate of drug-likeness (QED) is 0.0335. The molecule has 0 unspecified atom stereocenters. The van der Waals surface area contributed by atoms with Crippen molar-refractivity contribution < 1.29 is 53.7 Å². The second kappa shape index (κ2) is 30.9. The van der Waals surface area contributed by atoms with Crippen LogP contribution in [0.5, 0.6) is 5.75 Å². The molecule has 0 aliphatic heterocycles. The zero-order chi connectivity index (χ0) is 50.9. The van der Waals surface area contributed by atoms with E-state index in [0.29, 0.717) is 36.1 Å². The maximum Gasteiger partial charge on any atom is 0.326 e. The molecule has 0 heterocycles. The Morgan fingerprint density at radius 3 is 1.68 bits per heavy atom. The number of nitrogens with one attached hydrogen (secondary N) is 7. The van der Waals surface area contributed by atoms with Gasteiger partial charge in [-0.05, 0) is 85.8 Å². The number of rotatable bonds is 31. The van der Waals surface area contributed by atoms with Gasteiger partial charge in [0, 0.05) is 18.6 Å². The first-order chi connectivity index (χ1) is 32.2. The van der Waals surface area contributed by atoms with Gasteiger partial charge in [0.25, 0.3) is 0 Å². The number of nitrogens with two attached hydrogens (primary N) is 2. The molecule has 0 aliphatic carbocycles. The summed E-state index contributed by atoms with van der Waals surface area (Å²) < 4.78 is 0. The molecule has 22 heteroatoms. The van der Waals surface area contributed by atoms with E-state index in [1.807, 2.05) is 6.26 Å². The van der Waals surface area contributed by atoms with Crippen molar-refractivity contribution in [2.75, 3.05) is 30.9 Å². The van der Waals surface area contributed by atoms with Crippen LogP contribution >= 0.6 is 24.4 Å². The van der Waals surface area contributed by atoms with Crippen LogP contribution in [-0.4, -0.2) is 142 Å². The lowest BCUT2D eigenvalue weighted by atomic mass is 9.99. The topological polar surface area (TPSA) is 334 Å². The molecule has 0 spiro atoms. The Kier molecular flexibility index (Phi) is 26.6. The number of carboxylic acid groups (broad SMARTS) is 1. The Morgan fingerprint density at radius 1 is 0.618 bits per heavy atom. The molecule has 14 N–H and O–H groups in total. The summed E-state index contributed by atoms with van der Waals surface area (Å²) in [6, 6.07) is 4.36. The molecule has 0 radical (unpaired) electrons. The summed E-state index contributed by atoms with van der Waals surface area (Å²) >= 11 is 5.74. The summed E-state index contributed by atoms with van der Waals surface area (Å²) in [5.41, 5.74) is 12.8. The van der Waals surface area contributed by atoms with Crippen molar-refractivity contribution in [3.05, 3.63) is 65.7 Å².